The summed E-state index contributed by atoms with van der Waals surface area (Å²) in [5.41, 5.74) is 0.913. The Morgan fingerprint density at radius 3 is 2.56 bits per heavy atom. The Hall–Kier alpha value is -2.15. The predicted molar refractivity (Wildman–Crippen MR) is 97.5 cm³/mol. The van der Waals surface area contributed by atoms with E-state index in [1.54, 1.807) is 25.3 Å². The maximum absolute atomic E-state index is 12.4. The van der Waals surface area contributed by atoms with Crippen LogP contribution in [0.3, 0.4) is 0 Å². The Labute approximate surface area is 155 Å². The third-order valence-corrected chi connectivity index (χ3v) is 3.81. The van der Waals surface area contributed by atoms with Crippen molar-refractivity contribution in [3.8, 4) is 0 Å². The quantitative estimate of drug-likeness (QED) is 0.720. The molecule has 0 bridgehead atoms. The van der Waals surface area contributed by atoms with Crippen molar-refractivity contribution in [3.05, 3.63) is 57.8 Å². The molecule has 0 saturated heterocycles. The van der Waals surface area contributed by atoms with Gasteiger partial charge in [-0.25, -0.2) is 0 Å². The molecule has 6 nitrogen and oxygen atoms in total. The molecule has 2 rings (SSSR count). The van der Waals surface area contributed by atoms with E-state index in [0.29, 0.717) is 40.9 Å². The van der Waals surface area contributed by atoms with Crippen LogP contribution < -0.4 is 10.6 Å². The molecule has 1 heterocycles. The zero-order chi connectivity index (χ0) is 18.2. The van der Waals surface area contributed by atoms with Gasteiger partial charge in [0, 0.05) is 37.7 Å². The minimum absolute atomic E-state index is 0.237. The van der Waals surface area contributed by atoms with Crippen LogP contribution in [-0.2, 0) is 4.74 Å². The number of hydrogen-bond donors (Lipinski definition) is 2. The Morgan fingerprint density at radius 1 is 1.12 bits per heavy atom. The van der Waals surface area contributed by atoms with Gasteiger partial charge in [-0.15, -0.1) is 0 Å². The summed E-state index contributed by atoms with van der Waals surface area (Å²) in [6, 6.07) is 6.21. The Kier molecular flexibility index (Phi) is 7.18. The van der Waals surface area contributed by atoms with Gasteiger partial charge in [-0.1, -0.05) is 23.2 Å². The second-order valence-corrected chi connectivity index (χ2v) is 5.99. The molecule has 1 aromatic carbocycles. The molecular weight excluding hydrogens is 365 g/mol. The van der Waals surface area contributed by atoms with Gasteiger partial charge < -0.3 is 15.4 Å². The van der Waals surface area contributed by atoms with Crippen LogP contribution in [0, 0.1) is 0 Å². The first kappa shape index (κ1) is 19.2. The molecule has 132 valence electrons. The van der Waals surface area contributed by atoms with Crippen LogP contribution >= 0.6 is 23.2 Å². The zero-order valence-electron chi connectivity index (χ0n) is 13.5. The molecule has 0 radical (unpaired) electrons. The van der Waals surface area contributed by atoms with E-state index in [1.807, 2.05) is 0 Å². The number of aromatic nitrogens is 1. The number of carbonyl (C=O) groups is 2. The standard InChI is InChI=1S/C17H17Cl2N3O3/c1-25-6-2-5-21-16(23)11-7-12(10-20-9-11)17(24)22-15-8-13(18)3-4-14(15)19/h3-4,7-10H,2,5-6H2,1H3,(H,21,23)(H,22,24). The Morgan fingerprint density at radius 2 is 1.84 bits per heavy atom. The zero-order valence-corrected chi connectivity index (χ0v) is 15.0. The highest BCUT2D eigenvalue weighted by Crippen LogP contribution is 2.25. The van der Waals surface area contributed by atoms with E-state index >= 15 is 0 Å². The number of pyridine rings is 1. The first-order chi connectivity index (χ1) is 12.0. The molecule has 0 atom stereocenters. The van der Waals surface area contributed by atoms with Crippen molar-refractivity contribution in [2.75, 3.05) is 25.6 Å². The monoisotopic (exact) mass is 381 g/mol. The number of benzene rings is 1. The molecule has 0 aliphatic heterocycles. The van der Waals surface area contributed by atoms with Crippen molar-refractivity contribution < 1.29 is 14.3 Å². The second kappa shape index (κ2) is 9.36. The minimum Gasteiger partial charge on any atom is -0.385 e. The van der Waals surface area contributed by atoms with E-state index in [4.69, 9.17) is 27.9 Å². The van der Waals surface area contributed by atoms with Crippen molar-refractivity contribution in [1.82, 2.24) is 10.3 Å². The fraction of sp³-hybridized carbons (Fsp3) is 0.235. The van der Waals surface area contributed by atoms with Crippen molar-refractivity contribution in [2.24, 2.45) is 0 Å². The van der Waals surface area contributed by atoms with Crippen molar-refractivity contribution in [3.63, 3.8) is 0 Å². The third kappa shape index (κ3) is 5.70. The molecule has 1 aromatic heterocycles. The average Bonchev–Trinajstić information content (AvgIpc) is 2.61. The lowest BCUT2D eigenvalue weighted by Gasteiger charge is -2.09. The summed E-state index contributed by atoms with van der Waals surface area (Å²) in [4.78, 5) is 28.4. The SMILES string of the molecule is COCCCNC(=O)c1cncc(C(=O)Nc2cc(Cl)ccc2Cl)c1. The van der Waals surface area contributed by atoms with Gasteiger partial charge in [0.05, 0.1) is 21.8 Å². The predicted octanol–water partition coefficient (Wildman–Crippen LogP) is 3.41. The number of halogens is 2. The molecule has 0 spiro atoms. The molecule has 2 amide bonds. The molecule has 0 saturated carbocycles. The maximum atomic E-state index is 12.4. The number of methoxy groups -OCH3 is 1. The smallest absolute Gasteiger partial charge is 0.257 e. The lowest BCUT2D eigenvalue weighted by Crippen LogP contribution is -2.25. The number of amides is 2. The molecule has 25 heavy (non-hydrogen) atoms. The number of ether oxygens (including phenoxy) is 1. The normalized spacial score (nSPS) is 10.4. The first-order valence-corrected chi connectivity index (χ1v) is 8.25. The summed E-state index contributed by atoms with van der Waals surface area (Å²) in [5.74, 6) is -0.746. The summed E-state index contributed by atoms with van der Waals surface area (Å²) in [6.45, 7) is 1.03. The highest BCUT2D eigenvalue weighted by molar-refractivity contribution is 6.35. The van der Waals surface area contributed by atoms with Gasteiger partial charge in [0.15, 0.2) is 0 Å². The molecule has 0 aliphatic carbocycles. The largest absolute Gasteiger partial charge is 0.385 e. The van der Waals surface area contributed by atoms with Crippen LogP contribution in [0.5, 0.6) is 0 Å². The van der Waals surface area contributed by atoms with Crippen molar-refractivity contribution in [1.29, 1.82) is 0 Å². The number of rotatable bonds is 7. The highest BCUT2D eigenvalue weighted by Gasteiger charge is 2.13. The van der Waals surface area contributed by atoms with Gasteiger partial charge in [0.25, 0.3) is 11.8 Å². The summed E-state index contributed by atoms with van der Waals surface area (Å²) in [6.07, 6.45) is 3.47. The summed E-state index contributed by atoms with van der Waals surface area (Å²) < 4.78 is 4.92. The fourth-order valence-electron chi connectivity index (χ4n) is 2.00. The average molecular weight is 382 g/mol. The molecule has 2 N–H and O–H groups in total. The summed E-state index contributed by atoms with van der Waals surface area (Å²) in [5, 5.41) is 6.19. The van der Waals surface area contributed by atoms with Crippen LogP contribution in [0.4, 0.5) is 5.69 Å². The molecule has 0 unspecified atom stereocenters. The summed E-state index contributed by atoms with van der Waals surface area (Å²) >= 11 is 11.9. The Bertz CT molecular complexity index is 769. The lowest BCUT2D eigenvalue weighted by atomic mass is 10.1. The molecule has 8 heteroatoms. The van der Waals surface area contributed by atoms with Crippen LogP contribution in [-0.4, -0.2) is 37.1 Å². The van der Waals surface area contributed by atoms with Gasteiger partial charge >= 0.3 is 0 Å². The molecule has 0 aliphatic rings. The van der Waals surface area contributed by atoms with Gasteiger partial charge in [0.1, 0.15) is 0 Å². The van der Waals surface area contributed by atoms with E-state index in [9.17, 15) is 9.59 Å². The lowest BCUT2D eigenvalue weighted by molar-refractivity contribution is 0.0948. The number of anilines is 1. The fourth-order valence-corrected chi connectivity index (χ4v) is 2.33. The van der Waals surface area contributed by atoms with E-state index in [1.165, 1.54) is 18.5 Å². The van der Waals surface area contributed by atoms with Crippen LogP contribution in [0.2, 0.25) is 10.0 Å². The number of nitrogens with one attached hydrogen (secondary N) is 2. The number of carbonyl (C=O) groups excluding carboxylic acids is 2. The molecule has 2 aromatic rings. The van der Waals surface area contributed by atoms with Crippen molar-refractivity contribution in [2.45, 2.75) is 6.42 Å². The van der Waals surface area contributed by atoms with Crippen LogP contribution in [0.1, 0.15) is 27.1 Å². The van der Waals surface area contributed by atoms with E-state index in [0.717, 1.165) is 0 Å². The molecular formula is C17H17Cl2N3O3. The summed E-state index contributed by atoms with van der Waals surface area (Å²) in [7, 11) is 1.60. The number of hydrogen-bond acceptors (Lipinski definition) is 4. The molecule has 0 fully saturated rings. The minimum atomic E-state index is -0.439. The second-order valence-electron chi connectivity index (χ2n) is 5.14. The van der Waals surface area contributed by atoms with Gasteiger partial charge in [-0.05, 0) is 30.7 Å². The van der Waals surface area contributed by atoms with E-state index in [2.05, 4.69) is 15.6 Å². The van der Waals surface area contributed by atoms with Crippen LogP contribution in [0.25, 0.3) is 0 Å². The Balaban J connectivity index is 2.05. The first-order valence-electron chi connectivity index (χ1n) is 7.50. The van der Waals surface area contributed by atoms with Crippen LogP contribution in [0.15, 0.2) is 36.7 Å². The third-order valence-electron chi connectivity index (χ3n) is 3.25. The number of nitrogens with zero attached hydrogens (tertiary/aromatic N) is 1. The van der Waals surface area contributed by atoms with Gasteiger partial charge in [0.2, 0.25) is 0 Å². The van der Waals surface area contributed by atoms with Crippen molar-refractivity contribution >= 4 is 40.7 Å². The topological polar surface area (TPSA) is 80.3 Å². The maximum Gasteiger partial charge on any atom is 0.257 e. The van der Waals surface area contributed by atoms with E-state index < -0.39 is 5.91 Å². The van der Waals surface area contributed by atoms with Gasteiger partial charge in [-0.3, -0.25) is 14.6 Å². The highest BCUT2D eigenvalue weighted by atomic mass is 35.5. The van der Waals surface area contributed by atoms with Gasteiger partial charge in [-0.2, -0.15) is 0 Å². The van der Waals surface area contributed by atoms with E-state index in [-0.39, 0.29) is 11.5 Å².